The fourth-order valence-corrected chi connectivity index (χ4v) is 2.37. The van der Waals surface area contributed by atoms with Gasteiger partial charge in [-0.2, -0.15) is 4.98 Å². The highest BCUT2D eigenvalue weighted by Gasteiger charge is 2.32. The van der Waals surface area contributed by atoms with Gasteiger partial charge in [0.05, 0.1) is 11.8 Å². The van der Waals surface area contributed by atoms with Crippen molar-refractivity contribution >= 4 is 11.8 Å². The normalized spacial score (nSPS) is 17.5. The summed E-state index contributed by atoms with van der Waals surface area (Å²) in [7, 11) is 1.72. The predicted octanol–water partition coefficient (Wildman–Crippen LogP) is 1.42. The summed E-state index contributed by atoms with van der Waals surface area (Å²) >= 11 is 0. The second-order valence-corrected chi connectivity index (χ2v) is 5.48. The number of nitrogens with one attached hydrogen (secondary N) is 1. The standard InChI is InChI=1S/C14H23FN4O2/c1-3-6-16-13-17-9-11(15)12(18-13)19(2)10-14(20)4-7-21-8-5-14/h9,20H,3-8,10H2,1-2H3,(H,16,17,18). The van der Waals surface area contributed by atoms with E-state index in [1.54, 1.807) is 11.9 Å². The molecule has 0 bridgehead atoms. The van der Waals surface area contributed by atoms with E-state index in [9.17, 15) is 9.50 Å². The van der Waals surface area contributed by atoms with Crippen LogP contribution < -0.4 is 10.2 Å². The maximum Gasteiger partial charge on any atom is 0.224 e. The molecule has 1 aromatic rings. The molecule has 7 heteroatoms. The highest BCUT2D eigenvalue weighted by Crippen LogP contribution is 2.24. The molecule has 0 atom stereocenters. The first-order chi connectivity index (χ1) is 10.0. The maximum absolute atomic E-state index is 13.9. The SMILES string of the molecule is CCCNc1ncc(F)c(N(C)CC2(O)CCOCC2)n1. The number of aliphatic hydroxyl groups is 1. The van der Waals surface area contributed by atoms with Gasteiger partial charge in [-0.1, -0.05) is 6.92 Å². The smallest absolute Gasteiger partial charge is 0.224 e. The number of likely N-dealkylation sites (N-methyl/N-ethyl adjacent to an activating group) is 1. The van der Waals surface area contributed by atoms with E-state index in [2.05, 4.69) is 15.3 Å². The van der Waals surface area contributed by atoms with Crippen LogP contribution in [-0.4, -0.2) is 54.0 Å². The Labute approximate surface area is 124 Å². The molecule has 1 saturated heterocycles. The molecule has 1 aliphatic rings. The van der Waals surface area contributed by atoms with Gasteiger partial charge in [-0.3, -0.25) is 0 Å². The van der Waals surface area contributed by atoms with Gasteiger partial charge in [0.1, 0.15) is 0 Å². The molecule has 0 aliphatic carbocycles. The van der Waals surface area contributed by atoms with Gasteiger partial charge in [-0.25, -0.2) is 9.37 Å². The Hall–Kier alpha value is -1.47. The number of hydrogen-bond acceptors (Lipinski definition) is 6. The Kier molecular flexibility index (Phi) is 5.30. The van der Waals surface area contributed by atoms with Crippen LogP contribution in [0, 0.1) is 5.82 Å². The van der Waals surface area contributed by atoms with Gasteiger partial charge in [0, 0.05) is 46.2 Å². The summed E-state index contributed by atoms with van der Waals surface area (Å²) in [4.78, 5) is 9.75. The van der Waals surface area contributed by atoms with Crippen LogP contribution in [0.2, 0.25) is 0 Å². The molecule has 0 amide bonds. The summed E-state index contributed by atoms with van der Waals surface area (Å²) in [5.74, 6) is 0.109. The molecule has 21 heavy (non-hydrogen) atoms. The zero-order valence-corrected chi connectivity index (χ0v) is 12.6. The summed E-state index contributed by atoms with van der Waals surface area (Å²) < 4.78 is 19.2. The van der Waals surface area contributed by atoms with Crippen LogP contribution >= 0.6 is 0 Å². The number of anilines is 2. The van der Waals surface area contributed by atoms with Crippen LogP contribution in [0.1, 0.15) is 26.2 Å². The molecular formula is C14H23FN4O2. The molecule has 2 rings (SSSR count). The van der Waals surface area contributed by atoms with E-state index in [0.29, 0.717) is 38.5 Å². The second kappa shape index (κ2) is 7.00. The predicted molar refractivity (Wildman–Crippen MR) is 79.0 cm³/mol. The summed E-state index contributed by atoms with van der Waals surface area (Å²) in [6, 6.07) is 0. The lowest BCUT2D eigenvalue weighted by Gasteiger charge is -2.35. The van der Waals surface area contributed by atoms with Crippen LogP contribution in [0.4, 0.5) is 16.2 Å². The van der Waals surface area contributed by atoms with E-state index < -0.39 is 11.4 Å². The van der Waals surface area contributed by atoms with Gasteiger partial charge in [-0.15, -0.1) is 0 Å². The third kappa shape index (κ3) is 4.25. The third-order valence-electron chi connectivity index (χ3n) is 3.58. The van der Waals surface area contributed by atoms with E-state index >= 15 is 0 Å². The number of ether oxygens (including phenoxy) is 1. The number of aromatic nitrogens is 2. The molecule has 2 heterocycles. The highest BCUT2D eigenvalue weighted by atomic mass is 19.1. The number of hydrogen-bond donors (Lipinski definition) is 2. The van der Waals surface area contributed by atoms with Gasteiger partial charge in [0.2, 0.25) is 5.95 Å². The van der Waals surface area contributed by atoms with E-state index in [4.69, 9.17) is 4.74 Å². The zero-order valence-electron chi connectivity index (χ0n) is 12.6. The molecule has 0 spiro atoms. The van der Waals surface area contributed by atoms with Crippen LogP contribution in [0.25, 0.3) is 0 Å². The fourth-order valence-electron chi connectivity index (χ4n) is 2.37. The molecule has 0 saturated carbocycles. The van der Waals surface area contributed by atoms with E-state index in [0.717, 1.165) is 19.2 Å². The lowest BCUT2D eigenvalue weighted by molar-refractivity contribution is -0.0573. The van der Waals surface area contributed by atoms with E-state index in [-0.39, 0.29) is 5.82 Å². The molecule has 6 nitrogen and oxygen atoms in total. The Morgan fingerprint density at radius 3 is 2.86 bits per heavy atom. The van der Waals surface area contributed by atoms with Gasteiger partial charge < -0.3 is 20.1 Å². The third-order valence-corrected chi connectivity index (χ3v) is 3.58. The minimum Gasteiger partial charge on any atom is -0.388 e. The first kappa shape index (κ1) is 15.9. The number of rotatable bonds is 6. The summed E-state index contributed by atoms with van der Waals surface area (Å²) in [6.07, 6.45) is 3.19. The first-order valence-corrected chi connectivity index (χ1v) is 7.32. The fraction of sp³-hybridized carbons (Fsp3) is 0.714. The Balaban J connectivity index is 2.08. The van der Waals surface area contributed by atoms with E-state index in [1.165, 1.54) is 0 Å². The van der Waals surface area contributed by atoms with Crippen LogP contribution in [0.15, 0.2) is 6.20 Å². The summed E-state index contributed by atoms with van der Waals surface area (Å²) in [5, 5.41) is 13.5. The molecular weight excluding hydrogens is 275 g/mol. The highest BCUT2D eigenvalue weighted by molar-refractivity contribution is 5.43. The Morgan fingerprint density at radius 1 is 1.48 bits per heavy atom. The Morgan fingerprint density at radius 2 is 2.19 bits per heavy atom. The molecule has 0 radical (unpaired) electrons. The van der Waals surface area contributed by atoms with Gasteiger partial charge in [0.25, 0.3) is 0 Å². The molecule has 1 aliphatic heterocycles. The van der Waals surface area contributed by atoms with Gasteiger partial charge >= 0.3 is 0 Å². The second-order valence-electron chi connectivity index (χ2n) is 5.48. The van der Waals surface area contributed by atoms with Crippen molar-refractivity contribution in [3.05, 3.63) is 12.0 Å². The van der Waals surface area contributed by atoms with Crippen molar-refractivity contribution in [3.63, 3.8) is 0 Å². The van der Waals surface area contributed by atoms with Crippen molar-refractivity contribution in [1.29, 1.82) is 0 Å². The topological polar surface area (TPSA) is 70.5 Å². The zero-order chi connectivity index (χ0) is 15.3. The van der Waals surface area contributed by atoms with Crippen molar-refractivity contribution in [3.8, 4) is 0 Å². The molecule has 118 valence electrons. The van der Waals surface area contributed by atoms with Crippen molar-refractivity contribution in [2.45, 2.75) is 31.8 Å². The van der Waals surface area contributed by atoms with E-state index in [1.807, 2.05) is 6.92 Å². The molecule has 0 unspecified atom stereocenters. The minimum absolute atomic E-state index is 0.198. The van der Waals surface area contributed by atoms with Gasteiger partial charge in [0.15, 0.2) is 11.6 Å². The van der Waals surface area contributed by atoms with Crippen LogP contribution in [-0.2, 0) is 4.74 Å². The van der Waals surface area contributed by atoms with Crippen LogP contribution in [0.5, 0.6) is 0 Å². The van der Waals surface area contributed by atoms with Crippen molar-refractivity contribution in [2.24, 2.45) is 0 Å². The Bertz CT molecular complexity index is 466. The monoisotopic (exact) mass is 298 g/mol. The lowest BCUT2D eigenvalue weighted by Crippen LogP contribution is -2.46. The minimum atomic E-state index is -0.860. The van der Waals surface area contributed by atoms with Crippen molar-refractivity contribution in [1.82, 2.24) is 9.97 Å². The molecule has 1 aromatic heterocycles. The molecule has 0 aromatic carbocycles. The van der Waals surface area contributed by atoms with Crippen molar-refractivity contribution < 1.29 is 14.2 Å². The number of nitrogens with zero attached hydrogens (tertiary/aromatic N) is 3. The average Bonchev–Trinajstić information content (AvgIpc) is 2.46. The molecule has 1 fully saturated rings. The largest absolute Gasteiger partial charge is 0.388 e. The molecule has 2 N–H and O–H groups in total. The summed E-state index contributed by atoms with van der Waals surface area (Å²) in [5.41, 5.74) is -0.860. The summed E-state index contributed by atoms with van der Waals surface area (Å²) in [6.45, 7) is 4.14. The van der Waals surface area contributed by atoms with Crippen molar-refractivity contribution in [2.75, 3.05) is 43.6 Å². The first-order valence-electron chi connectivity index (χ1n) is 7.32. The maximum atomic E-state index is 13.9. The quantitative estimate of drug-likeness (QED) is 0.827. The average molecular weight is 298 g/mol. The lowest BCUT2D eigenvalue weighted by atomic mass is 9.94. The van der Waals surface area contributed by atoms with Crippen LogP contribution in [0.3, 0.4) is 0 Å². The van der Waals surface area contributed by atoms with Gasteiger partial charge in [-0.05, 0) is 6.42 Å². The number of halogens is 1.